The van der Waals surface area contributed by atoms with Gasteiger partial charge >= 0.3 is 5.91 Å². The molecule has 0 bridgehead atoms. The molecule has 1 aliphatic rings. The lowest BCUT2D eigenvalue weighted by Gasteiger charge is -2.35. The molecule has 1 aliphatic heterocycles. The number of nitrogens with two attached hydrogens (primary N) is 1. The molecule has 3 N–H and O–H groups in total. The van der Waals surface area contributed by atoms with Gasteiger partial charge in [0.1, 0.15) is 11.5 Å². The molecule has 13 heteroatoms. The van der Waals surface area contributed by atoms with Crippen LogP contribution in [0.3, 0.4) is 0 Å². The number of hydrogen-bond acceptors (Lipinski definition) is 8. The molecule has 0 saturated carbocycles. The van der Waals surface area contributed by atoms with Crippen LogP contribution in [0.25, 0.3) is 0 Å². The van der Waals surface area contributed by atoms with Gasteiger partial charge in [-0.1, -0.05) is 24.3 Å². The lowest BCUT2D eigenvalue weighted by atomic mass is 10.0. The second-order valence-electron chi connectivity index (χ2n) is 13.3. The highest BCUT2D eigenvalue weighted by Crippen LogP contribution is 2.35. The fourth-order valence-corrected chi connectivity index (χ4v) is 6.16. The Morgan fingerprint density at radius 2 is 1.48 bits per heavy atom. The van der Waals surface area contributed by atoms with Crippen LogP contribution in [0.4, 0.5) is 11.4 Å². The van der Waals surface area contributed by atoms with Gasteiger partial charge in [0, 0.05) is 31.6 Å². The van der Waals surface area contributed by atoms with Gasteiger partial charge in [0.2, 0.25) is 5.91 Å². The predicted octanol–water partition coefficient (Wildman–Crippen LogP) is 6.42. The van der Waals surface area contributed by atoms with Crippen molar-refractivity contribution in [2.24, 2.45) is 5.73 Å². The first-order chi connectivity index (χ1) is 24.1. The molecule has 0 atom stereocenters. The maximum Gasteiger partial charge on any atom is 0.350 e. The van der Waals surface area contributed by atoms with Crippen molar-refractivity contribution in [3.8, 4) is 17.2 Å². The maximum atomic E-state index is 14.0. The number of para-hydroxylation sites is 3. The van der Waals surface area contributed by atoms with E-state index in [9.17, 15) is 14.4 Å². The zero-order valence-electron chi connectivity index (χ0n) is 31.1. The zero-order valence-corrected chi connectivity index (χ0v) is 32.7. The summed E-state index contributed by atoms with van der Waals surface area (Å²) in [6.45, 7) is 3.05. The summed E-state index contributed by atoms with van der Waals surface area (Å²) in [6.07, 6.45) is 5.81. The lowest BCUT2D eigenvalue weighted by Crippen LogP contribution is -2.46. The second-order valence-corrected chi connectivity index (χ2v) is 13.3. The SMILES string of the molecule is COc1cc(C(=O)[N+](C)(C)c2ccccc2OCCCCCC(=O)N2CCC(N(C)C)CC2)ccc1NC(=O)c1ccccc1OCCCN.Cl.Cl. The first-order valence-electron chi connectivity index (χ1n) is 17.5. The molecule has 3 aromatic carbocycles. The minimum atomic E-state index is -0.361. The van der Waals surface area contributed by atoms with Gasteiger partial charge in [-0.05, 0) is 95.6 Å². The van der Waals surface area contributed by atoms with Crippen molar-refractivity contribution in [3.05, 3.63) is 77.9 Å². The Morgan fingerprint density at radius 3 is 2.15 bits per heavy atom. The summed E-state index contributed by atoms with van der Waals surface area (Å²) >= 11 is 0. The lowest BCUT2D eigenvalue weighted by molar-refractivity contribution is -0.132. The van der Waals surface area contributed by atoms with Crippen LogP contribution in [-0.4, -0.2) is 102 Å². The first-order valence-corrected chi connectivity index (χ1v) is 17.5. The topological polar surface area (TPSA) is 123 Å². The van der Waals surface area contributed by atoms with E-state index in [0.717, 1.165) is 50.9 Å². The van der Waals surface area contributed by atoms with Crippen LogP contribution in [-0.2, 0) is 4.79 Å². The minimum absolute atomic E-state index is 0. The highest BCUT2D eigenvalue weighted by Gasteiger charge is 2.34. The van der Waals surface area contributed by atoms with E-state index < -0.39 is 0 Å². The van der Waals surface area contributed by atoms with Gasteiger partial charge in [-0.15, -0.1) is 24.8 Å². The number of nitrogens with zero attached hydrogens (tertiary/aromatic N) is 3. The quantitative estimate of drug-likeness (QED) is 0.120. The molecule has 0 aliphatic carbocycles. The van der Waals surface area contributed by atoms with Crippen LogP contribution in [0, 0.1) is 0 Å². The Balaban J connectivity index is 0.00000468. The van der Waals surface area contributed by atoms with E-state index in [1.54, 1.807) is 42.5 Å². The molecule has 1 saturated heterocycles. The molecule has 52 heavy (non-hydrogen) atoms. The van der Waals surface area contributed by atoms with E-state index in [1.165, 1.54) is 7.11 Å². The van der Waals surface area contributed by atoms with Crippen LogP contribution in [0.5, 0.6) is 17.2 Å². The average Bonchev–Trinajstić information content (AvgIpc) is 3.13. The Kier molecular flexibility index (Phi) is 18.4. The summed E-state index contributed by atoms with van der Waals surface area (Å²) in [6, 6.07) is 20.1. The van der Waals surface area contributed by atoms with Crippen LogP contribution in [0.2, 0.25) is 0 Å². The Hall–Kier alpha value is -3.87. The number of hydrogen-bond donors (Lipinski definition) is 2. The van der Waals surface area contributed by atoms with Crippen molar-refractivity contribution in [2.75, 3.05) is 73.5 Å². The van der Waals surface area contributed by atoms with Crippen molar-refractivity contribution >= 4 is 53.9 Å². The van der Waals surface area contributed by atoms with Gasteiger partial charge in [0.25, 0.3) is 5.91 Å². The fourth-order valence-electron chi connectivity index (χ4n) is 6.16. The minimum Gasteiger partial charge on any atom is -0.495 e. The van der Waals surface area contributed by atoms with Crippen molar-refractivity contribution in [2.45, 2.75) is 51.0 Å². The van der Waals surface area contributed by atoms with Gasteiger partial charge in [0.05, 0.1) is 51.2 Å². The number of benzene rings is 3. The number of anilines is 1. The Labute approximate surface area is 321 Å². The highest BCUT2D eigenvalue weighted by atomic mass is 35.5. The van der Waals surface area contributed by atoms with E-state index in [0.29, 0.717) is 72.7 Å². The van der Waals surface area contributed by atoms with Gasteiger partial charge in [-0.25, -0.2) is 9.28 Å². The Morgan fingerprint density at radius 1 is 0.846 bits per heavy atom. The van der Waals surface area contributed by atoms with Crippen LogP contribution in [0.15, 0.2) is 66.7 Å². The molecule has 286 valence electrons. The second kappa shape index (κ2) is 21.6. The van der Waals surface area contributed by atoms with E-state index >= 15 is 0 Å². The summed E-state index contributed by atoms with van der Waals surface area (Å²) in [4.78, 5) is 44.2. The molecular formula is C39H56Cl2N5O6+. The largest absolute Gasteiger partial charge is 0.495 e. The molecule has 0 radical (unpaired) electrons. The van der Waals surface area contributed by atoms with Gasteiger partial charge in [-0.2, -0.15) is 0 Å². The van der Waals surface area contributed by atoms with Crippen molar-refractivity contribution < 1.29 is 28.6 Å². The number of piperidine rings is 1. The summed E-state index contributed by atoms with van der Waals surface area (Å²) in [5, 5.41) is 2.89. The monoisotopic (exact) mass is 760 g/mol. The molecule has 1 heterocycles. The van der Waals surface area contributed by atoms with Crippen LogP contribution in [0.1, 0.15) is 65.7 Å². The number of unbranched alkanes of at least 4 members (excludes halogenated alkanes) is 2. The first kappa shape index (κ1) is 44.3. The number of nitrogens with one attached hydrogen (secondary N) is 1. The van der Waals surface area contributed by atoms with Gasteiger partial charge < -0.3 is 35.1 Å². The van der Waals surface area contributed by atoms with Crippen molar-refractivity contribution in [1.29, 1.82) is 0 Å². The molecular weight excluding hydrogens is 705 g/mol. The predicted molar refractivity (Wildman–Crippen MR) is 213 cm³/mol. The molecule has 1 fully saturated rings. The number of halogens is 2. The van der Waals surface area contributed by atoms with Gasteiger partial charge in [0.15, 0.2) is 11.4 Å². The summed E-state index contributed by atoms with van der Waals surface area (Å²) < 4.78 is 17.5. The molecule has 0 unspecified atom stereocenters. The van der Waals surface area contributed by atoms with Crippen LogP contribution < -0.4 is 29.7 Å². The molecule has 4 rings (SSSR count). The highest BCUT2D eigenvalue weighted by molar-refractivity contribution is 6.08. The van der Waals surface area contributed by atoms with E-state index in [2.05, 4.69) is 24.3 Å². The third-order valence-electron chi connectivity index (χ3n) is 9.25. The van der Waals surface area contributed by atoms with Crippen molar-refractivity contribution in [3.63, 3.8) is 0 Å². The maximum absolute atomic E-state index is 14.0. The van der Waals surface area contributed by atoms with E-state index in [4.69, 9.17) is 19.9 Å². The molecule has 0 spiro atoms. The molecule has 3 amide bonds. The smallest absolute Gasteiger partial charge is 0.350 e. The third-order valence-corrected chi connectivity index (χ3v) is 9.25. The average molecular weight is 762 g/mol. The number of rotatable bonds is 17. The summed E-state index contributed by atoms with van der Waals surface area (Å²) in [5.41, 5.74) is 7.52. The normalized spacial score (nSPS) is 13.1. The number of methoxy groups -OCH3 is 1. The number of likely N-dealkylation sites (tertiary alicyclic amines) is 1. The standard InChI is InChI=1S/C39H53N5O6.2ClH/c1-42(2)30-21-24-43(25-22-30)37(45)18-7-6-12-26-50-35-17-11-9-15-33(35)44(3,4)39(47)29-19-20-32(36(28-29)48-5)41-38(46)31-14-8-10-16-34(31)49-27-13-23-40;;/h8-11,14-17,19-20,28,30H,6-7,12-13,18,21-27,40H2,1-5H3;2*1H/p+1. The van der Waals surface area contributed by atoms with Crippen molar-refractivity contribution in [1.82, 2.24) is 14.3 Å². The molecule has 0 aromatic heterocycles. The van der Waals surface area contributed by atoms with E-state index in [-0.39, 0.29) is 47.0 Å². The third kappa shape index (κ3) is 11.8. The Bertz CT molecular complexity index is 1600. The molecule has 11 nitrogen and oxygen atoms in total. The number of quaternary nitrogens is 1. The fraction of sp³-hybridized carbons (Fsp3) is 0.462. The number of carbonyl (C=O) groups is 3. The van der Waals surface area contributed by atoms with Gasteiger partial charge in [-0.3, -0.25) is 9.59 Å². The molecule has 3 aromatic rings. The number of carbonyl (C=O) groups excluding carboxylic acids is 3. The van der Waals surface area contributed by atoms with Crippen LogP contribution >= 0.6 is 24.8 Å². The number of ether oxygens (including phenoxy) is 3. The number of amides is 3. The zero-order chi connectivity index (χ0) is 36.1. The summed E-state index contributed by atoms with van der Waals surface area (Å²) in [7, 11) is 9.34. The summed E-state index contributed by atoms with van der Waals surface area (Å²) in [5.74, 6) is 1.15. The van der Waals surface area contributed by atoms with E-state index in [1.807, 2.05) is 43.3 Å².